The molecule has 0 aromatic heterocycles. The van der Waals surface area contributed by atoms with E-state index in [1.165, 1.54) is 6.92 Å². The number of epoxide rings is 1. The third-order valence-corrected chi connectivity index (χ3v) is 9.53. The summed E-state index contributed by atoms with van der Waals surface area (Å²) < 4.78 is 30.3. The number of hydrogen-bond donors (Lipinski definition) is 1. The first kappa shape index (κ1) is 19.0. The van der Waals surface area contributed by atoms with Crippen LogP contribution in [0.2, 0.25) is 0 Å². The van der Waals surface area contributed by atoms with Crippen LogP contribution >= 0.6 is 0 Å². The summed E-state index contributed by atoms with van der Waals surface area (Å²) in [5, 5.41) is 11.3. The number of ether oxygens (including phenoxy) is 5. The molecule has 2 spiro atoms. The molecule has 1 N–H and O–H groups in total. The van der Waals surface area contributed by atoms with Crippen molar-refractivity contribution < 1.29 is 33.6 Å². The number of carbonyl (C=O) groups is 1. The topological polar surface area (TPSA) is 86.8 Å². The molecule has 4 unspecified atom stereocenters. The zero-order valence-electron chi connectivity index (χ0n) is 17.5. The van der Waals surface area contributed by atoms with Crippen molar-refractivity contribution in [3.8, 4) is 0 Å². The van der Waals surface area contributed by atoms with Crippen LogP contribution in [0.4, 0.5) is 0 Å². The highest BCUT2D eigenvalue weighted by atomic mass is 16.7. The minimum absolute atomic E-state index is 0.0286. The summed E-state index contributed by atoms with van der Waals surface area (Å²) in [5.74, 6) is 0.513. The summed E-state index contributed by atoms with van der Waals surface area (Å²) in [4.78, 5) is 12.0. The van der Waals surface area contributed by atoms with Gasteiger partial charge in [-0.05, 0) is 37.5 Å². The number of fused-ring (bicyclic) bond motifs is 2. The van der Waals surface area contributed by atoms with E-state index in [4.69, 9.17) is 23.7 Å². The van der Waals surface area contributed by atoms with Crippen molar-refractivity contribution in [2.75, 3.05) is 13.2 Å². The lowest BCUT2D eigenvalue weighted by Gasteiger charge is -2.68. The Bertz CT molecular complexity index is 710. The predicted octanol–water partition coefficient (Wildman–Crippen LogP) is 2.00. The van der Waals surface area contributed by atoms with E-state index in [0.717, 1.165) is 32.3 Å². The first-order valence-corrected chi connectivity index (χ1v) is 11.2. The van der Waals surface area contributed by atoms with Gasteiger partial charge in [0, 0.05) is 24.7 Å². The van der Waals surface area contributed by atoms with Crippen molar-refractivity contribution in [3.05, 3.63) is 0 Å². The van der Waals surface area contributed by atoms with Crippen molar-refractivity contribution in [3.63, 3.8) is 0 Å². The third kappa shape index (κ3) is 2.23. The normalized spacial score (nSPS) is 60.1. The molecule has 2 bridgehead atoms. The molecule has 5 heterocycles. The fourth-order valence-corrected chi connectivity index (χ4v) is 7.98. The number of aliphatic hydroxyl groups excluding tert-OH is 1. The lowest BCUT2D eigenvalue weighted by molar-refractivity contribution is -0.375. The van der Waals surface area contributed by atoms with Crippen LogP contribution in [0.5, 0.6) is 0 Å². The van der Waals surface area contributed by atoms with Gasteiger partial charge in [-0.15, -0.1) is 0 Å². The Kier molecular flexibility index (Phi) is 3.89. The fraction of sp³-hybridized carbons (Fsp3) is 0.955. The van der Waals surface area contributed by atoms with E-state index in [0.29, 0.717) is 18.9 Å². The largest absolute Gasteiger partial charge is 0.462 e. The Balaban J connectivity index is 1.45. The van der Waals surface area contributed by atoms with Gasteiger partial charge in [0.1, 0.15) is 11.7 Å². The second kappa shape index (κ2) is 5.94. The van der Waals surface area contributed by atoms with E-state index in [9.17, 15) is 9.90 Å². The van der Waals surface area contributed by atoms with Crippen molar-refractivity contribution in [2.45, 2.75) is 89.4 Å². The molecular weight excluding hydrogens is 376 g/mol. The second-order valence-corrected chi connectivity index (χ2v) is 10.6. The average molecular weight is 408 g/mol. The standard InChI is InChI=1S/C22H32O7/c1-11-6-17(27-12(2)23)22-15(8-14(28-19(22)24)9-21(22)10-26-21)20(11,3)16-7-13-4-5-25-18(13)29-16/h11,13-19,24H,4-10H2,1-3H3/t11-,13-,14-,15?,16+,17?,18+,19-,20+,21?,22?/m1/s1. The molecule has 7 fully saturated rings. The van der Waals surface area contributed by atoms with Crippen LogP contribution in [0, 0.1) is 28.6 Å². The zero-order valence-corrected chi connectivity index (χ0v) is 17.5. The monoisotopic (exact) mass is 408 g/mol. The molecule has 0 aromatic carbocycles. The lowest BCUT2D eigenvalue weighted by Crippen LogP contribution is -2.76. The van der Waals surface area contributed by atoms with Crippen LogP contribution in [0.15, 0.2) is 0 Å². The summed E-state index contributed by atoms with van der Waals surface area (Å²) in [6.07, 6.45) is 2.87. The highest BCUT2D eigenvalue weighted by molar-refractivity contribution is 5.66. The SMILES string of the molecule is CC(=O)OC1C[C@@H](C)[C@](C)([C@@H]2C[C@H]3CCO[C@H]3O2)C2C[C@@H]3CC4(CO4)C12[C@H](O)O3. The van der Waals surface area contributed by atoms with E-state index in [1.54, 1.807) is 0 Å². The number of rotatable bonds is 2. The van der Waals surface area contributed by atoms with E-state index < -0.39 is 23.4 Å². The van der Waals surface area contributed by atoms with E-state index in [-0.39, 0.29) is 41.7 Å². The van der Waals surface area contributed by atoms with Gasteiger partial charge in [-0.1, -0.05) is 13.8 Å². The van der Waals surface area contributed by atoms with Crippen molar-refractivity contribution in [1.29, 1.82) is 0 Å². The number of esters is 1. The van der Waals surface area contributed by atoms with Crippen molar-refractivity contribution >= 4 is 5.97 Å². The minimum Gasteiger partial charge on any atom is -0.462 e. The van der Waals surface area contributed by atoms with Crippen molar-refractivity contribution in [1.82, 2.24) is 0 Å². The molecule has 7 aliphatic rings. The van der Waals surface area contributed by atoms with Gasteiger partial charge in [0.05, 0.1) is 30.8 Å². The maximum atomic E-state index is 12.0. The Morgan fingerprint density at radius 1 is 1.21 bits per heavy atom. The zero-order chi connectivity index (χ0) is 20.2. The molecule has 2 saturated carbocycles. The first-order valence-electron chi connectivity index (χ1n) is 11.2. The average Bonchev–Trinajstić information content (AvgIpc) is 3.09. The van der Waals surface area contributed by atoms with Crippen LogP contribution in [-0.4, -0.2) is 60.8 Å². The van der Waals surface area contributed by atoms with E-state index >= 15 is 0 Å². The Hall–Kier alpha value is -0.730. The molecule has 5 aliphatic heterocycles. The van der Waals surface area contributed by atoms with Gasteiger partial charge >= 0.3 is 5.97 Å². The molecule has 0 aromatic rings. The molecular formula is C22H32O7. The van der Waals surface area contributed by atoms with E-state index in [1.807, 2.05) is 0 Å². The van der Waals surface area contributed by atoms with Gasteiger partial charge in [0.15, 0.2) is 12.6 Å². The minimum atomic E-state index is -0.990. The molecule has 7 heteroatoms. The fourth-order valence-electron chi connectivity index (χ4n) is 7.98. The van der Waals surface area contributed by atoms with Crippen molar-refractivity contribution in [2.24, 2.45) is 28.6 Å². The third-order valence-electron chi connectivity index (χ3n) is 9.53. The first-order chi connectivity index (χ1) is 13.8. The number of carbonyl (C=O) groups excluding carboxylic acids is 1. The quantitative estimate of drug-likeness (QED) is 0.552. The summed E-state index contributed by atoms with van der Waals surface area (Å²) in [6.45, 7) is 7.40. The van der Waals surface area contributed by atoms with Crippen LogP contribution in [0.25, 0.3) is 0 Å². The molecule has 11 atom stereocenters. The number of aliphatic hydroxyl groups is 1. The van der Waals surface area contributed by atoms with Gasteiger partial charge in [-0.25, -0.2) is 0 Å². The Labute approximate surface area is 171 Å². The van der Waals surface area contributed by atoms with Crippen LogP contribution in [0.1, 0.15) is 52.9 Å². The van der Waals surface area contributed by atoms with E-state index in [2.05, 4.69) is 13.8 Å². The summed E-state index contributed by atoms with van der Waals surface area (Å²) in [7, 11) is 0. The molecule has 7 rings (SSSR count). The highest BCUT2D eigenvalue weighted by Gasteiger charge is 2.82. The Morgan fingerprint density at radius 3 is 2.69 bits per heavy atom. The van der Waals surface area contributed by atoms with Gasteiger partial charge in [-0.3, -0.25) is 4.79 Å². The maximum Gasteiger partial charge on any atom is 0.302 e. The molecule has 7 nitrogen and oxygen atoms in total. The van der Waals surface area contributed by atoms with Crippen LogP contribution in [-0.2, 0) is 28.5 Å². The molecule has 2 aliphatic carbocycles. The molecule has 0 radical (unpaired) electrons. The number of hydrogen-bond acceptors (Lipinski definition) is 7. The van der Waals surface area contributed by atoms with Crippen LogP contribution < -0.4 is 0 Å². The van der Waals surface area contributed by atoms with Gasteiger partial charge in [-0.2, -0.15) is 0 Å². The smallest absolute Gasteiger partial charge is 0.302 e. The molecule has 162 valence electrons. The molecule has 0 amide bonds. The summed E-state index contributed by atoms with van der Waals surface area (Å²) >= 11 is 0. The van der Waals surface area contributed by atoms with Gasteiger partial charge in [0.25, 0.3) is 0 Å². The predicted molar refractivity (Wildman–Crippen MR) is 99.5 cm³/mol. The summed E-state index contributed by atoms with van der Waals surface area (Å²) in [6, 6.07) is 0. The van der Waals surface area contributed by atoms with Crippen LogP contribution in [0.3, 0.4) is 0 Å². The molecule has 5 saturated heterocycles. The molecule has 29 heavy (non-hydrogen) atoms. The lowest BCUT2D eigenvalue weighted by atomic mass is 9.40. The summed E-state index contributed by atoms with van der Waals surface area (Å²) in [5.41, 5.74) is -1.37. The maximum absolute atomic E-state index is 12.0. The van der Waals surface area contributed by atoms with Gasteiger partial charge < -0.3 is 28.8 Å². The van der Waals surface area contributed by atoms with Gasteiger partial charge in [0.2, 0.25) is 0 Å². The Morgan fingerprint density at radius 2 is 2.00 bits per heavy atom. The highest BCUT2D eigenvalue weighted by Crippen LogP contribution is 2.73. The second-order valence-electron chi connectivity index (χ2n) is 10.6.